The van der Waals surface area contributed by atoms with Crippen LogP contribution in [0.3, 0.4) is 0 Å². The van der Waals surface area contributed by atoms with Crippen LogP contribution in [-0.4, -0.2) is 205 Å². The fraction of sp³-hybridized carbons (Fsp3) is 0.568. The van der Waals surface area contributed by atoms with Crippen molar-refractivity contribution < 1.29 is 159 Å². The maximum absolute atomic E-state index is 11.5. The topological polar surface area (TPSA) is 433 Å². The zero-order chi connectivity index (χ0) is 65.5. The zero-order valence-electron chi connectivity index (χ0n) is 45.4. The summed E-state index contributed by atoms with van der Waals surface area (Å²) in [4.78, 5) is 76.9. The van der Waals surface area contributed by atoms with Gasteiger partial charge >= 0.3 is 121 Å². The molecular formula is C44H53FO35S7. The van der Waals surface area contributed by atoms with Crippen molar-refractivity contribution in [2.24, 2.45) is 0 Å². The summed E-state index contributed by atoms with van der Waals surface area (Å²) in [6, 6.07) is 0. The molecule has 0 spiro atoms. The van der Waals surface area contributed by atoms with Gasteiger partial charge in [-0.3, -0.25) is 58.6 Å². The Hall–Kier alpha value is -5.57. The lowest BCUT2D eigenvalue weighted by Crippen LogP contribution is -2.34. The van der Waals surface area contributed by atoms with Gasteiger partial charge in [-0.15, -0.1) is 25.2 Å². The molecule has 7 saturated heterocycles. The molecule has 7 fully saturated rings. The van der Waals surface area contributed by atoms with Crippen molar-refractivity contribution >= 4 is 121 Å². The highest BCUT2D eigenvalue weighted by atomic mass is 32.2. The number of alkyl halides is 1. The van der Waals surface area contributed by atoms with Crippen LogP contribution in [0.25, 0.3) is 0 Å². The molecule has 35 nitrogen and oxygen atoms in total. The van der Waals surface area contributed by atoms with Crippen molar-refractivity contribution in [3.8, 4) is 48.9 Å². The number of hydrogen-bond acceptors (Lipinski definition) is 35. The quantitative estimate of drug-likeness (QED) is 0.0490. The first-order valence-electron chi connectivity index (χ1n) is 23.2. The number of ether oxygens (including phenoxy) is 7. The van der Waals surface area contributed by atoms with Gasteiger partial charge < -0.3 is 33.2 Å². The van der Waals surface area contributed by atoms with Gasteiger partial charge in [0, 0.05) is 0 Å². The maximum atomic E-state index is 11.5. The molecule has 0 aliphatic carbocycles. The van der Waals surface area contributed by atoms with Gasteiger partial charge in [0.2, 0.25) is 0 Å². The molecule has 87 heavy (non-hydrogen) atoms. The molecule has 488 valence electrons. The Balaban J connectivity index is 0.000000508. The van der Waals surface area contributed by atoms with Gasteiger partial charge in [0.1, 0.15) is 66.1 Å². The monoisotopic (exact) mass is 1380 g/mol. The Morgan fingerprint density at radius 3 is 1.17 bits per heavy atom. The van der Waals surface area contributed by atoms with Gasteiger partial charge in [0.15, 0.2) is 67.6 Å². The van der Waals surface area contributed by atoms with E-state index in [4.69, 9.17) is 28.7 Å². The van der Waals surface area contributed by atoms with Crippen molar-refractivity contribution in [2.75, 3.05) is 79.4 Å². The van der Waals surface area contributed by atoms with Crippen molar-refractivity contribution in [1.29, 1.82) is 0 Å². The summed E-state index contributed by atoms with van der Waals surface area (Å²) >= 11 is -12.8. The molecule has 15 unspecified atom stereocenters. The SMILES string of the molecule is C#CC(C)(C)OC(=O)C1COS(=O)O1.C#CC(C)OC(=O)C1COS(=O)O1.C#CCOC(=O)C1COS(=O)O1.C=CCOC(=O)C1COS(=O)O1.C=COC(=O)C1COS(=O)O1.CC#CCOC(=O)C1COS(=O)O1.O=C(OCCF)C1COS(=O)O1. The van der Waals surface area contributed by atoms with Gasteiger partial charge in [0.25, 0.3) is 0 Å². The minimum atomic E-state index is -1.87. The molecular weight excluding hydrogens is 1330 g/mol. The molecule has 0 amide bonds. The fourth-order valence-electron chi connectivity index (χ4n) is 4.36. The number of carbonyl (C=O) groups is 7. The molecule has 0 N–H and O–H groups in total. The molecule has 0 radical (unpaired) electrons. The van der Waals surface area contributed by atoms with Crippen LogP contribution in [0.15, 0.2) is 25.5 Å². The zero-order valence-corrected chi connectivity index (χ0v) is 51.1. The van der Waals surface area contributed by atoms with E-state index in [1.165, 1.54) is 6.08 Å². The molecule has 7 aliphatic rings. The van der Waals surface area contributed by atoms with Gasteiger partial charge in [-0.05, 0) is 27.7 Å². The van der Waals surface area contributed by atoms with Crippen molar-refractivity contribution in [2.45, 2.75) is 82.1 Å². The number of halogens is 1. The van der Waals surface area contributed by atoms with E-state index >= 15 is 0 Å². The summed E-state index contributed by atoms with van der Waals surface area (Å²) in [5.74, 6) is 7.17. The van der Waals surface area contributed by atoms with E-state index in [2.05, 4.69) is 125 Å². The average molecular weight is 1390 g/mol. The van der Waals surface area contributed by atoms with Crippen LogP contribution in [0.5, 0.6) is 0 Å². The Morgan fingerprint density at radius 1 is 0.540 bits per heavy atom. The lowest BCUT2D eigenvalue weighted by atomic mass is 10.1. The van der Waals surface area contributed by atoms with E-state index in [0.717, 1.165) is 6.26 Å². The average Bonchev–Trinajstić information content (AvgIpc) is 4.60. The standard InChI is InChI=1S/C8H10O5S.2C7H8O5S.C6H8O5S.C6H6O5S.C5H7FO5S.C5H6O5S/c1-4-8(2,3)12-7(9)6-5-11-14(10)13-6;1-3-5(2)11-7(8)6-4-10-13(9)12-6;1-2-3-4-10-7(8)6-5-11-13(9)12-6;2*1-2-3-9-6(7)5-4-10-12(8)11-5;6-1-2-9-5(7)4-3-10-12(8)11-4;1-2-8-5(6)4-3-9-11(7)10-4/h1,6H,5H2,2-3H3;1,5-6H,4H2,2H3;6H,4-5H2,1H3;2,5H,1,3-4H2;1,5H,3-4H2;4H,1-3H2;2,4H,1,3H2. The van der Waals surface area contributed by atoms with Gasteiger partial charge in [0.05, 0.1) is 6.26 Å². The van der Waals surface area contributed by atoms with Crippen LogP contribution >= 0.6 is 0 Å². The Kier molecular flexibility index (Phi) is 40.9. The summed E-state index contributed by atoms with van der Waals surface area (Å²) < 4.78 is 180. The van der Waals surface area contributed by atoms with E-state index in [1.807, 2.05) is 0 Å². The number of carbonyl (C=O) groups excluding carboxylic acids is 7. The first kappa shape index (κ1) is 79.4. The second kappa shape index (κ2) is 44.8. The predicted molar refractivity (Wildman–Crippen MR) is 285 cm³/mol. The highest BCUT2D eigenvalue weighted by Gasteiger charge is 2.37. The van der Waals surface area contributed by atoms with Gasteiger partial charge in [-0.25, -0.2) is 38.0 Å². The Labute approximate surface area is 513 Å². The molecule has 0 aromatic rings. The minimum Gasteiger partial charge on any atom is -0.461 e. The molecule has 43 heteroatoms. The lowest BCUT2D eigenvalue weighted by Gasteiger charge is -2.19. The van der Waals surface area contributed by atoms with E-state index in [9.17, 15) is 67.4 Å². The summed E-state index contributed by atoms with van der Waals surface area (Å²) in [6.45, 7) is 11.4. The van der Waals surface area contributed by atoms with Crippen molar-refractivity contribution in [1.82, 2.24) is 0 Å². The van der Waals surface area contributed by atoms with Crippen LogP contribution < -0.4 is 0 Å². The third kappa shape index (κ3) is 34.7. The highest BCUT2D eigenvalue weighted by Crippen LogP contribution is 2.17. The molecule has 15 atom stereocenters. The third-order valence-electron chi connectivity index (χ3n) is 8.27. The van der Waals surface area contributed by atoms with Crippen LogP contribution in [0.2, 0.25) is 0 Å². The molecule has 0 aromatic carbocycles. The third-order valence-corrected chi connectivity index (χ3v) is 13.3. The first-order valence-corrected chi connectivity index (χ1v) is 30.2. The lowest BCUT2D eigenvalue weighted by molar-refractivity contribution is -0.159. The molecule has 0 bridgehead atoms. The molecule has 0 saturated carbocycles. The Bertz CT molecular complexity index is 2710. The van der Waals surface area contributed by atoms with Crippen molar-refractivity contribution in [3.63, 3.8) is 0 Å². The summed E-state index contributed by atoms with van der Waals surface area (Å²) in [5.41, 5.74) is -0.996. The number of terminal acetylenes is 3. The Morgan fingerprint density at radius 2 is 0.874 bits per heavy atom. The van der Waals surface area contributed by atoms with Crippen LogP contribution in [0.1, 0.15) is 27.7 Å². The van der Waals surface area contributed by atoms with Gasteiger partial charge in [-0.2, -0.15) is 29.5 Å². The van der Waals surface area contributed by atoms with Crippen LogP contribution in [0, 0.1) is 48.9 Å². The first-order chi connectivity index (χ1) is 41.3. The van der Waals surface area contributed by atoms with E-state index in [0.29, 0.717) is 0 Å². The van der Waals surface area contributed by atoms with Crippen molar-refractivity contribution in [3.05, 3.63) is 25.5 Å². The largest absolute Gasteiger partial charge is 0.461 e. The summed E-state index contributed by atoms with van der Waals surface area (Å²) in [5, 5.41) is 0. The second-order valence-corrected chi connectivity index (χ2v) is 20.9. The normalized spacial score (nSPS) is 28.1. The number of rotatable bonds is 16. The van der Waals surface area contributed by atoms with E-state index in [-0.39, 0.29) is 72.7 Å². The van der Waals surface area contributed by atoms with E-state index < -0.39 is 182 Å². The molecule has 7 heterocycles. The maximum Gasteiger partial charge on any atom is 0.344 e. The molecule has 0 aromatic heterocycles. The smallest absolute Gasteiger partial charge is 0.344 e. The second-order valence-electron chi connectivity index (χ2n) is 15.1. The highest BCUT2D eigenvalue weighted by molar-refractivity contribution is 7.76. The molecule has 7 rings (SSSR count). The summed E-state index contributed by atoms with van der Waals surface area (Å²) in [6.07, 6.45) is 10.3. The number of esters is 7. The molecule has 7 aliphatic heterocycles. The summed E-state index contributed by atoms with van der Waals surface area (Å²) in [7, 11) is 0. The number of hydrogen-bond donors (Lipinski definition) is 0. The fourth-order valence-corrected chi connectivity index (χ4v) is 8.66. The predicted octanol–water partition coefficient (Wildman–Crippen LogP) is -2.95. The van der Waals surface area contributed by atoms with Gasteiger partial charge in [-0.1, -0.05) is 42.9 Å². The van der Waals surface area contributed by atoms with E-state index in [1.54, 1.807) is 27.7 Å². The van der Waals surface area contributed by atoms with Crippen LogP contribution in [-0.2, 0) is 205 Å². The minimum absolute atomic E-state index is 0.0157. The van der Waals surface area contributed by atoms with Crippen LogP contribution in [0.4, 0.5) is 4.39 Å².